The highest BCUT2D eigenvalue weighted by Crippen LogP contribution is 2.31. The van der Waals surface area contributed by atoms with E-state index in [2.05, 4.69) is 20.0 Å². The van der Waals surface area contributed by atoms with Gasteiger partial charge in [0.05, 0.1) is 10.6 Å². The van der Waals surface area contributed by atoms with Gasteiger partial charge in [-0.25, -0.2) is 18.1 Å². The Kier molecular flexibility index (Phi) is 5.54. The number of amides is 1. The molecule has 1 aliphatic rings. The second-order valence-electron chi connectivity index (χ2n) is 7.87. The number of carbonyl (C=O) groups excluding carboxylic acids is 1. The SMILES string of the molecule is O=C(CCc1ccc(S(=O)(=O)NC2CC2)cc1)Nc1nc(-c2c[nH]c3ccccc23)cs1. The van der Waals surface area contributed by atoms with Crippen molar-refractivity contribution in [2.75, 3.05) is 5.32 Å². The number of hydrogen-bond donors (Lipinski definition) is 3. The third-order valence-corrected chi connectivity index (χ3v) is 7.68. The number of aryl methyl sites for hydroxylation is 1. The lowest BCUT2D eigenvalue weighted by molar-refractivity contribution is -0.116. The van der Waals surface area contributed by atoms with Crippen molar-refractivity contribution < 1.29 is 13.2 Å². The minimum absolute atomic E-state index is 0.0747. The van der Waals surface area contributed by atoms with Crippen LogP contribution in [0.25, 0.3) is 22.2 Å². The topological polar surface area (TPSA) is 104 Å². The van der Waals surface area contributed by atoms with E-state index in [1.807, 2.05) is 35.8 Å². The minimum atomic E-state index is -3.45. The molecular formula is C23H22N4O3S2. The molecule has 1 saturated carbocycles. The Balaban J connectivity index is 1.18. The van der Waals surface area contributed by atoms with Crippen molar-refractivity contribution in [1.29, 1.82) is 0 Å². The molecule has 1 aliphatic carbocycles. The number of H-pyrrole nitrogens is 1. The maximum absolute atomic E-state index is 12.4. The van der Waals surface area contributed by atoms with Crippen LogP contribution in [-0.4, -0.2) is 30.3 Å². The zero-order valence-electron chi connectivity index (χ0n) is 17.2. The number of benzene rings is 2. The van der Waals surface area contributed by atoms with Gasteiger partial charge >= 0.3 is 0 Å². The number of carbonyl (C=O) groups is 1. The molecule has 0 unspecified atom stereocenters. The fraction of sp³-hybridized carbons (Fsp3) is 0.217. The molecule has 0 bridgehead atoms. The summed E-state index contributed by atoms with van der Waals surface area (Å²) in [6, 6.07) is 14.8. The average molecular weight is 467 g/mol. The molecular weight excluding hydrogens is 444 g/mol. The van der Waals surface area contributed by atoms with Gasteiger partial charge in [0, 0.05) is 40.5 Å². The first-order chi connectivity index (χ1) is 15.5. The van der Waals surface area contributed by atoms with Gasteiger partial charge in [0.2, 0.25) is 15.9 Å². The normalized spacial score (nSPS) is 14.0. The third kappa shape index (κ3) is 4.59. The van der Waals surface area contributed by atoms with Crippen molar-refractivity contribution in [1.82, 2.24) is 14.7 Å². The third-order valence-electron chi connectivity index (χ3n) is 5.39. The number of hydrogen-bond acceptors (Lipinski definition) is 5. The molecule has 5 rings (SSSR count). The monoisotopic (exact) mass is 466 g/mol. The summed E-state index contributed by atoms with van der Waals surface area (Å²) in [5.74, 6) is -0.128. The Morgan fingerprint density at radius 1 is 1.12 bits per heavy atom. The molecule has 2 heterocycles. The summed E-state index contributed by atoms with van der Waals surface area (Å²) in [4.78, 5) is 20.4. The molecule has 0 saturated heterocycles. The molecule has 0 spiro atoms. The Bertz CT molecular complexity index is 1370. The van der Waals surface area contributed by atoms with Gasteiger partial charge < -0.3 is 10.3 Å². The fourth-order valence-corrected chi connectivity index (χ4v) is 5.53. The number of fused-ring (bicyclic) bond motifs is 1. The molecule has 1 fully saturated rings. The molecule has 32 heavy (non-hydrogen) atoms. The number of aromatic amines is 1. The van der Waals surface area contributed by atoms with Gasteiger partial charge in [-0.15, -0.1) is 11.3 Å². The molecule has 2 aromatic carbocycles. The fourth-order valence-electron chi connectivity index (χ4n) is 3.50. The zero-order valence-corrected chi connectivity index (χ0v) is 18.8. The van der Waals surface area contributed by atoms with E-state index in [1.165, 1.54) is 11.3 Å². The summed E-state index contributed by atoms with van der Waals surface area (Å²) in [5, 5.41) is 6.44. The van der Waals surface area contributed by atoms with Crippen LogP contribution in [0.15, 0.2) is 65.0 Å². The van der Waals surface area contributed by atoms with Crippen molar-refractivity contribution in [2.24, 2.45) is 0 Å². The lowest BCUT2D eigenvalue weighted by Gasteiger charge is -2.07. The van der Waals surface area contributed by atoms with Crippen molar-refractivity contribution in [3.8, 4) is 11.3 Å². The molecule has 0 atom stereocenters. The summed E-state index contributed by atoms with van der Waals surface area (Å²) in [6.07, 6.45) is 4.52. The van der Waals surface area contributed by atoms with Gasteiger partial charge in [-0.1, -0.05) is 30.3 Å². The second-order valence-corrected chi connectivity index (χ2v) is 10.4. The van der Waals surface area contributed by atoms with Gasteiger partial charge in [0.25, 0.3) is 0 Å². The van der Waals surface area contributed by atoms with Gasteiger partial charge in [-0.05, 0) is 43.0 Å². The highest BCUT2D eigenvalue weighted by atomic mass is 32.2. The van der Waals surface area contributed by atoms with Crippen LogP contribution in [0.1, 0.15) is 24.8 Å². The highest BCUT2D eigenvalue weighted by molar-refractivity contribution is 7.89. The van der Waals surface area contributed by atoms with Crippen LogP contribution < -0.4 is 10.0 Å². The summed E-state index contributed by atoms with van der Waals surface area (Å²) in [7, 11) is -3.45. The summed E-state index contributed by atoms with van der Waals surface area (Å²) in [5.41, 5.74) is 3.77. The van der Waals surface area contributed by atoms with E-state index in [9.17, 15) is 13.2 Å². The van der Waals surface area contributed by atoms with Crippen LogP contribution in [0.2, 0.25) is 0 Å². The van der Waals surface area contributed by atoms with E-state index in [1.54, 1.807) is 24.3 Å². The molecule has 4 aromatic rings. The van der Waals surface area contributed by atoms with Crippen LogP contribution in [0.4, 0.5) is 5.13 Å². The van der Waals surface area contributed by atoms with Gasteiger partial charge in [0.1, 0.15) is 0 Å². The van der Waals surface area contributed by atoms with Crippen LogP contribution in [0.3, 0.4) is 0 Å². The van der Waals surface area contributed by atoms with Gasteiger partial charge in [-0.3, -0.25) is 4.79 Å². The van der Waals surface area contributed by atoms with E-state index >= 15 is 0 Å². The molecule has 7 nitrogen and oxygen atoms in total. The van der Waals surface area contributed by atoms with E-state index in [-0.39, 0.29) is 23.3 Å². The first kappa shape index (κ1) is 20.9. The Labute approximate surface area is 190 Å². The van der Waals surface area contributed by atoms with Crippen molar-refractivity contribution in [2.45, 2.75) is 36.6 Å². The number of aromatic nitrogens is 2. The smallest absolute Gasteiger partial charge is 0.240 e. The number of anilines is 1. The molecule has 0 aliphatic heterocycles. The Morgan fingerprint density at radius 2 is 1.91 bits per heavy atom. The van der Waals surface area contributed by atoms with Crippen molar-refractivity contribution >= 4 is 43.3 Å². The first-order valence-electron chi connectivity index (χ1n) is 10.4. The van der Waals surface area contributed by atoms with Crippen LogP contribution in [-0.2, 0) is 21.2 Å². The second kappa shape index (κ2) is 8.50. The quantitative estimate of drug-likeness (QED) is 0.360. The van der Waals surface area contributed by atoms with Crippen LogP contribution >= 0.6 is 11.3 Å². The number of nitrogens with one attached hydrogen (secondary N) is 3. The predicted molar refractivity (Wildman–Crippen MR) is 126 cm³/mol. The molecule has 0 radical (unpaired) electrons. The number of nitrogens with zero attached hydrogens (tertiary/aromatic N) is 1. The summed E-state index contributed by atoms with van der Waals surface area (Å²) < 4.78 is 27.1. The van der Waals surface area contributed by atoms with E-state index in [0.29, 0.717) is 11.6 Å². The number of sulfonamides is 1. The molecule has 1 amide bonds. The summed E-state index contributed by atoms with van der Waals surface area (Å²) in [6.45, 7) is 0. The Hall–Kier alpha value is -3.01. The van der Waals surface area contributed by atoms with Gasteiger partial charge in [-0.2, -0.15) is 0 Å². The lowest BCUT2D eigenvalue weighted by atomic mass is 10.1. The number of para-hydroxylation sites is 1. The number of rotatable bonds is 8. The van der Waals surface area contributed by atoms with Crippen LogP contribution in [0, 0.1) is 0 Å². The summed E-state index contributed by atoms with van der Waals surface area (Å²) >= 11 is 1.39. The number of thiazole rings is 1. The van der Waals surface area contributed by atoms with Crippen molar-refractivity contribution in [3.05, 3.63) is 65.7 Å². The average Bonchev–Trinajstić information content (AvgIpc) is 3.30. The maximum Gasteiger partial charge on any atom is 0.240 e. The first-order valence-corrected chi connectivity index (χ1v) is 12.8. The predicted octanol–water partition coefficient (Wildman–Crippen LogP) is 4.30. The maximum atomic E-state index is 12.4. The highest BCUT2D eigenvalue weighted by Gasteiger charge is 2.27. The van der Waals surface area contributed by atoms with E-state index in [4.69, 9.17) is 0 Å². The lowest BCUT2D eigenvalue weighted by Crippen LogP contribution is -2.25. The largest absolute Gasteiger partial charge is 0.360 e. The van der Waals surface area contributed by atoms with Crippen LogP contribution in [0.5, 0.6) is 0 Å². The molecule has 3 N–H and O–H groups in total. The molecule has 164 valence electrons. The minimum Gasteiger partial charge on any atom is -0.360 e. The van der Waals surface area contributed by atoms with Gasteiger partial charge in [0.15, 0.2) is 5.13 Å². The Morgan fingerprint density at radius 3 is 2.69 bits per heavy atom. The van der Waals surface area contributed by atoms with E-state index in [0.717, 1.165) is 40.6 Å². The standard InChI is InChI=1S/C23H22N4O3S2/c28-22(12-7-15-5-10-17(11-6-15)32(29,30)27-16-8-9-16)26-23-25-21(14-31-23)19-13-24-20-4-2-1-3-18(19)20/h1-6,10-11,13-14,16,24,27H,7-9,12H2,(H,25,26,28). The van der Waals surface area contributed by atoms with E-state index < -0.39 is 10.0 Å². The van der Waals surface area contributed by atoms with Crippen molar-refractivity contribution in [3.63, 3.8) is 0 Å². The molecule has 2 aromatic heterocycles. The molecule has 9 heteroatoms. The zero-order chi connectivity index (χ0) is 22.1.